The molecule has 120 valence electrons. The van der Waals surface area contributed by atoms with E-state index in [1.165, 1.54) is 0 Å². The van der Waals surface area contributed by atoms with E-state index in [-0.39, 0.29) is 24.4 Å². The van der Waals surface area contributed by atoms with Gasteiger partial charge in [-0.05, 0) is 32.1 Å². The summed E-state index contributed by atoms with van der Waals surface area (Å²) < 4.78 is 4.99. The molecule has 0 spiro atoms. The van der Waals surface area contributed by atoms with Crippen LogP contribution in [0.1, 0.15) is 44.3 Å². The minimum atomic E-state index is 0. The third-order valence-electron chi connectivity index (χ3n) is 3.73. The van der Waals surface area contributed by atoms with Crippen LogP contribution in [0.5, 0.6) is 0 Å². The van der Waals surface area contributed by atoms with Crippen molar-refractivity contribution in [2.24, 2.45) is 11.7 Å². The van der Waals surface area contributed by atoms with Crippen LogP contribution in [0.3, 0.4) is 0 Å². The van der Waals surface area contributed by atoms with Crippen LogP contribution in [-0.2, 0) is 11.2 Å². The molecule has 1 amide bonds. The summed E-state index contributed by atoms with van der Waals surface area (Å²) in [5.41, 5.74) is 5.70. The quantitative estimate of drug-likeness (QED) is 0.893. The van der Waals surface area contributed by atoms with E-state index >= 15 is 0 Å². The summed E-state index contributed by atoms with van der Waals surface area (Å²) in [4.78, 5) is 18.3. The molecule has 21 heavy (non-hydrogen) atoms. The molecular weight excluding hydrogens is 292 g/mol. The van der Waals surface area contributed by atoms with E-state index in [2.05, 4.69) is 10.1 Å². The molecule has 2 atom stereocenters. The lowest BCUT2D eigenvalue weighted by atomic mass is 9.94. The predicted octanol–water partition coefficient (Wildman–Crippen LogP) is 1.71. The summed E-state index contributed by atoms with van der Waals surface area (Å²) in [5, 5.41) is 3.93. The molecule has 2 rings (SSSR count). The summed E-state index contributed by atoms with van der Waals surface area (Å²) >= 11 is 0. The summed E-state index contributed by atoms with van der Waals surface area (Å²) in [5.74, 6) is 1.99. The molecule has 1 saturated heterocycles. The first-order valence-electron chi connectivity index (χ1n) is 7.37. The number of nitrogens with two attached hydrogens (primary N) is 1. The van der Waals surface area contributed by atoms with Crippen LogP contribution in [0.2, 0.25) is 0 Å². The number of hydrogen-bond donors (Lipinski definition) is 1. The molecule has 0 aromatic carbocycles. The Morgan fingerprint density at radius 2 is 2.33 bits per heavy atom. The zero-order valence-electron chi connectivity index (χ0n) is 12.7. The number of rotatable bonds is 5. The van der Waals surface area contributed by atoms with Gasteiger partial charge in [0.25, 0.3) is 0 Å². The fourth-order valence-electron chi connectivity index (χ4n) is 2.65. The second-order valence-corrected chi connectivity index (χ2v) is 5.80. The van der Waals surface area contributed by atoms with Crippen LogP contribution in [0.15, 0.2) is 4.52 Å². The maximum atomic E-state index is 12.1. The topological polar surface area (TPSA) is 85.2 Å². The number of amides is 1. The van der Waals surface area contributed by atoms with Crippen molar-refractivity contribution in [3.05, 3.63) is 11.7 Å². The van der Waals surface area contributed by atoms with Crippen molar-refractivity contribution < 1.29 is 9.32 Å². The van der Waals surface area contributed by atoms with Gasteiger partial charge in [0.2, 0.25) is 11.8 Å². The van der Waals surface area contributed by atoms with Crippen molar-refractivity contribution in [3.63, 3.8) is 0 Å². The van der Waals surface area contributed by atoms with E-state index < -0.39 is 0 Å². The molecule has 0 saturated carbocycles. The lowest BCUT2D eigenvalue weighted by Crippen LogP contribution is -2.41. The van der Waals surface area contributed by atoms with Gasteiger partial charge in [0.05, 0.1) is 0 Å². The van der Waals surface area contributed by atoms with E-state index in [1.807, 2.05) is 11.8 Å². The molecule has 2 unspecified atom stereocenters. The Kier molecular flexibility index (Phi) is 7.11. The van der Waals surface area contributed by atoms with Crippen molar-refractivity contribution in [2.75, 3.05) is 13.1 Å². The molecular formula is C14H25ClN4O2. The van der Waals surface area contributed by atoms with Crippen LogP contribution in [0.25, 0.3) is 0 Å². The number of carbonyl (C=O) groups excluding carboxylic acids is 1. The molecule has 0 aliphatic carbocycles. The number of hydrogen-bond acceptors (Lipinski definition) is 5. The number of aromatic nitrogens is 2. The summed E-state index contributed by atoms with van der Waals surface area (Å²) in [7, 11) is 0. The van der Waals surface area contributed by atoms with Crippen molar-refractivity contribution >= 4 is 18.3 Å². The van der Waals surface area contributed by atoms with Gasteiger partial charge in [-0.15, -0.1) is 12.4 Å². The zero-order valence-corrected chi connectivity index (χ0v) is 13.6. The molecule has 1 aliphatic rings. The molecule has 1 aromatic heterocycles. The zero-order chi connectivity index (χ0) is 14.5. The molecule has 6 nitrogen and oxygen atoms in total. The van der Waals surface area contributed by atoms with Crippen molar-refractivity contribution in [2.45, 2.75) is 52.0 Å². The lowest BCUT2D eigenvalue weighted by molar-refractivity contribution is -0.133. The molecule has 7 heteroatoms. The van der Waals surface area contributed by atoms with E-state index in [0.717, 1.165) is 44.6 Å². The Hall–Kier alpha value is -1.14. The van der Waals surface area contributed by atoms with Gasteiger partial charge in [-0.3, -0.25) is 4.79 Å². The highest BCUT2D eigenvalue weighted by Crippen LogP contribution is 2.20. The van der Waals surface area contributed by atoms with Gasteiger partial charge in [0.1, 0.15) is 0 Å². The minimum absolute atomic E-state index is 0. The van der Waals surface area contributed by atoms with Crippen LogP contribution in [0.4, 0.5) is 0 Å². The third-order valence-corrected chi connectivity index (χ3v) is 3.73. The first kappa shape index (κ1) is 17.9. The van der Waals surface area contributed by atoms with E-state index in [4.69, 9.17) is 10.3 Å². The summed E-state index contributed by atoms with van der Waals surface area (Å²) in [6, 6.07) is 0.0850. The molecule has 2 heterocycles. The Balaban J connectivity index is 0.00000220. The van der Waals surface area contributed by atoms with Crippen LogP contribution in [0, 0.1) is 12.8 Å². The van der Waals surface area contributed by atoms with Gasteiger partial charge < -0.3 is 15.2 Å². The van der Waals surface area contributed by atoms with Crippen molar-refractivity contribution in [1.82, 2.24) is 15.0 Å². The maximum absolute atomic E-state index is 12.1. The second kappa shape index (κ2) is 8.34. The summed E-state index contributed by atoms with van der Waals surface area (Å²) in [6.07, 6.45) is 4.25. The lowest BCUT2D eigenvalue weighted by Gasteiger charge is -2.32. The van der Waals surface area contributed by atoms with Crippen LogP contribution < -0.4 is 5.73 Å². The monoisotopic (exact) mass is 316 g/mol. The third kappa shape index (κ3) is 5.63. The molecule has 0 bridgehead atoms. The predicted molar refractivity (Wildman–Crippen MR) is 82.2 cm³/mol. The average molecular weight is 317 g/mol. The van der Waals surface area contributed by atoms with Gasteiger partial charge in [-0.2, -0.15) is 4.98 Å². The van der Waals surface area contributed by atoms with Gasteiger partial charge in [0, 0.05) is 38.9 Å². The van der Waals surface area contributed by atoms with Crippen molar-refractivity contribution in [3.8, 4) is 0 Å². The average Bonchev–Trinajstić information content (AvgIpc) is 2.81. The highest BCUT2D eigenvalue weighted by atomic mass is 35.5. The molecule has 2 N–H and O–H groups in total. The fourth-order valence-corrected chi connectivity index (χ4v) is 2.65. The minimum Gasteiger partial charge on any atom is -0.342 e. The Labute approximate surface area is 131 Å². The number of nitrogens with zero attached hydrogens (tertiary/aromatic N) is 3. The second-order valence-electron chi connectivity index (χ2n) is 5.80. The molecule has 1 aromatic rings. The van der Waals surface area contributed by atoms with Gasteiger partial charge in [-0.1, -0.05) is 5.16 Å². The van der Waals surface area contributed by atoms with Crippen LogP contribution in [-0.4, -0.2) is 40.1 Å². The first-order chi connectivity index (χ1) is 9.54. The Morgan fingerprint density at radius 1 is 1.57 bits per heavy atom. The summed E-state index contributed by atoms with van der Waals surface area (Å²) in [6.45, 7) is 5.39. The molecule has 0 radical (unpaired) electrons. The number of likely N-dealkylation sites (tertiary alicyclic amines) is 1. The molecule has 1 aliphatic heterocycles. The first-order valence-corrected chi connectivity index (χ1v) is 7.37. The maximum Gasteiger partial charge on any atom is 0.223 e. The van der Waals surface area contributed by atoms with Crippen LogP contribution >= 0.6 is 12.4 Å². The number of aryl methyl sites for hydroxylation is 1. The standard InChI is InChI=1S/C14H24N4O2.ClH/c1-10(15)5-6-14(19)18-7-3-4-12(9-18)8-13-16-11(2)20-17-13;/h10,12H,3-9,15H2,1-2H3;1H. The number of halogens is 1. The highest BCUT2D eigenvalue weighted by molar-refractivity contribution is 5.85. The van der Waals surface area contributed by atoms with E-state index in [0.29, 0.717) is 18.2 Å². The van der Waals surface area contributed by atoms with E-state index in [1.54, 1.807) is 6.92 Å². The van der Waals surface area contributed by atoms with E-state index in [9.17, 15) is 4.79 Å². The number of piperidine rings is 1. The fraction of sp³-hybridized carbons (Fsp3) is 0.786. The Morgan fingerprint density at radius 3 is 2.95 bits per heavy atom. The largest absolute Gasteiger partial charge is 0.342 e. The SMILES string of the molecule is Cc1nc(CC2CCCN(C(=O)CCC(C)N)C2)no1.Cl. The van der Waals surface area contributed by atoms with Gasteiger partial charge in [-0.25, -0.2) is 0 Å². The highest BCUT2D eigenvalue weighted by Gasteiger charge is 2.24. The van der Waals surface area contributed by atoms with Gasteiger partial charge in [0.15, 0.2) is 5.82 Å². The molecule has 1 fully saturated rings. The Bertz CT molecular complexity index is 450. The van der Waals surface area contributed by atoms with Crippen molar-refractivity contribution in [1.29, 1.82) is 0 Å². The normalized spacial score (nSPS) is 20.0. The van der Waals surface area contributed by atoms with Gasteiger partial charge >= 0.3 is 0 Å². The number of carbonyl (C=O) groups is 1. The smallest absolute Gasteiger partial charge is 0.223 e.